The molecule has 0 aromatic heterocycles. The predicted octanol–water partition coefficient (Wildman–Crippen LogP) is 3.51. The lowest BCUT2D eigenvalue weighted by atomic mass is 9.93. The number of benzene rings is 1. The summed E-state index contributed by atoms with van der Waals surface area (Å²) < 4.78 is 6.97. The first-order valence-corrected chi connectivity index (χ1v) is 8.86. The van der Waals surface area contributed by atoms with Crippen molar-refractivity contribution in [2.45, 2.75) is 51.1 Å². The zero-order valence-corrected chi connectivity index (χ0v) is 14.1. The number of halogens is 1. The van der Waals surface area contributed by atoms with E-state index in [0.717, 1.165) is 36.3 Å². The van der Waals surface area contributed by atoms with Gasteiger partial charge in [-0.05, 0) is 30.5 Å². The predicted molar refractivity (Wildman–Crippen MR) is 87.7 cm³/mol. The van der Waals surface area contributed by atoms with E-state index >= 15 is 0 Å². The SMILES string of the molecule is OCCN(Cc1cc(Br)cc2c1OCC2)C1CCCCC1. The Morgan fingerprint density at radius 1 is 1.24 bits per heavy atom. The first-order valence-electron chi connectivity index (χ1n) is 8.07. The fourth-order valence-electron chi connectivity index (χ4n) is 3.65. The Morgan fingerprint density at radius 2 is 2.05 bits per heavy atom. The summed E-state index contributed by atoms with van der Waals surface area (Å²) in [4.78, 5) is 2.45. The molecule has 1 aliphatic carbocycles. The van der Waals surface area contributed by atoms with E-state index in [4.69, 9.17) is 4.74 Å². The van der Waals surface area contributed by atoms with E-state index in [9.17, 15) is 5.11 Å². The van der Waals surface area contributed by atoms with Crippen LogP contribution in [0.25, 0.3) is 0 Å². The van der Waals surface area contributed by atoms with Crippen LogP contribution in [0.3, 0.4) is 0 Å². The van der Waals surface area contributed by atoms with Crippen LogP contribution >= 0.6 is 15.9 Å². The molecule has 0 spiro atoms. The van der Waals surface area contributed by atoms with Gasteiger partial charge in [0.05, 0.1) is 13.2 Å². The van der Waals surface area contributed by atoms with Crippen molar-refractivity contribution < 1.29 is 9.84 Å². The maximum atomic E-state index is 9.41. The Labute approximate surface area is 135 Å². The number of aliphatic hydroxyl groups is 1. The summed E-state index contributed by atoms with van der Waals surface area (Å²) in [7, 11) is 0. The minimum Gasteiger partial charge on any atom is -0.493 e. The maximum absolute atomic E-state index is 9.41. The fourth-order valence-corrected chi connectivity index (χ4v) is 4.20. The maximum Gasteiger partial charge on any atom is 0.127 e. The van der Waals surface area contributed by atoms with Crippen LogP contribution in [0, 0.1) is 0 Å². The summed E-state index contributed by atoms with van der Waals surface area (Å²) in [5.41, 5.74) is 2.57. The number of hydrogen-bond donors (Lipinski definition) is 1. The van der Waals surface area contributed by atoms with Gasteiger partial charge in [-0.3, -0.25) is 4.90 Å². The number of rotatable bonds is 5. The van der Waals surface area contributed by atoms with Gasteiger partial charge in [-0.25, -0.2) is 0 Å². The summed E-state index contributed by atoms with van der Waals surface area (Å²) in [6, 6.07) is 4.96. The van der Waals surface area contributed by atoms with Gasteiger partial charge >= 0.3 is 0 Å². The van der Waals surface area contributed by atoms with Crippen LogP contribution in [-0.2, 0) is 13.0 Å². The summed E-state index contributed by atoms with van der Waals surface area (Å²) in [5, 5.41) is 9.41. The van der Waals surface area contributed by atoms with Crippen LogP contribution in [0.15, 0.2) is 16.6 Å². The molecule has 0 amide bonds. The molecule has 0 atom stereocenters. The van der Waals surface area contributed by atoms with Crippen molar-refractivity contribution in [1.82, 2.24) is 4.90 Å². The molecule has 1 aromatic rings. The van der Waals surface area contributed by atoms with Crippen LogP contribution in [0.1, 0.15) is 43.2 Å². The van der Waals surface area contributed by atoms with Crippen LogP contribution in [0.4, 0.5) is 0 Å². The van der Waals surface area contributed by atoms with Crippen molar-refractivity contribution in [2.75, 3.05) is 19.8 Å². The average Bonchev–Trinajstić information content (AvgIpc) is 2.96. The highest BCUT2D eigenvalue weighted by atomic mass is 79.9. The van der Waals surface area contributed by atoms with Crippen molar-refractivity contribution >= 4 is 15.9 Å². The Kier molecular flexibility index (Phi) is 5.19. The van der Waals surface area contributed by atoms with Gasteiger partial charge in [0.2, 0.25) is 0 Å². The van der Waals surface area contributed by atoms with Crippen LogP contribution < -0.4 is 4.74 Å². The number of aliphatic hydroxyl groups excluding tert-OH is 1. The molecule has 3 rings (SSSR count). The molecule has 1 aliphatic heterocycles. The van der Waals surface area contributed by atoms with Crippen molar-refractivity contribution in [2.24, 2.45) is 0 Å². The minimum absolute atomic E-state index is 0.230. The summed E-state index contributed by atoms with van der Waals surface area (Å²) in [6.45, 7) is 2.66. The number of ether oxygens (including phenoxy) is 1. The van der Waals surface area contributed by atoms with Crippen LogP contribution in [0.2, 0.25) is 0 Å². The van der Waals surface area contributed by atoms with Gasteiger partial charge in [-0.1, -0.05) is 35.2 Å². The third-order valence-corrected chi connectivity index (χ3v) is 5.13. The molecule has 116 valence electrons. The molecule has 1 fully saturated rings. The molecule has 1 heterocycles. The van der Waals surface area contributed by atoms with Gasteiger partial charge < -0.3 is 9.84 Å². The summed E-state index contributed by atoms with van der Waals surface area (Å²) >= 11 is 3.62. The van der Waals surface area contributed by atoms with E-state index in [2.05, 4.69) is 33.0 Å². The fraction of sp³-hybridized carbons (Fsp3) is 0.647. The zero-order chi connectivity index (χ0) is 14.7. The smallest absolute Gasteiger partial charge is 0.127 e. The third kappa shape index (κ3) is 3.61. The van der Waals surface area contributed by atoms with Gasteiger partial charge in [-0.2, -0.15) is 0 Å². The lowest BCUT2D eigenvalue weighted by Crippen LogP contribution is -2.38. The number of nitrogens with zero attached hydrogens (tertiary/aromatic N) is 1. The molecule has 4 heteroatoms. The van der Waals surface area contributed by atoms with E-state index in [-0.39, 0.29) is 6.61 Å². The first-order chi connectivity index (χ1) is 10.3. The number of fused-ring (bicyclic) bond motifs is 1. The Hall–Kier alpha value is -0.580. The molecule has 0 radical (unpaired) electrons. The van der Waals surface area contributed by atoms with E-state index < -0.39 is 0 Å². The monoisotopic (exact) mass is 353 g/mol. The Balaban J connectivity index is 1.79. The van der Waals surface area contributed by atoms with E-state index in [0.29, 0.717) is 6.04 Å². The molecule has 1 aromatic carbocycles. The van der Waals surface area contributed by atoms with Crippen LogP contribution in [0.5, 0.6) is 5.75 Å². The van der Waals surface area contributed by atoms with E-state index in [1.165, 1.54) is 43.2 Å². The van der Waals surface area contributed by atoms with Crippen molar-refractivity contribution in [3.63, 3.8) is 0 Å². The first kappa shape index (κ1) is 15.3. The Morgan fingerprint density at radius 3 is 2.81 bits per heavy atom. The highest BCUT2D eigenvalue weighted by Crippen LogP contribution is 2.35. The molecule has 0 unspecified atom stereocenters. The average molecular weight is 354 g/mol. The summed E-state index contributed by atoms with van der Waals surface area (Å²) in [5.74, 6) is 1.08. The van der Waals surface area contributed by atoms with E-state index in [1.54, 1.807) is 0 Å². The quantitative estimate of drug-likeness (QED) is 0.878. The van der Waals surface area contributed by atoms with Crippen molar-refractivity contribution in [3.05, 3.63) is 27.7 Å². The standard InChI is InChI=1S/C17H24BrNO2/c18-15-10-13-6-9-21-17(13)14(11-15)12-19(7-8-20)16-4-2-1-3-5-16/h10-11,16,20H,1-9,12H2. The molecular weight excluding hydrogens is 330 g/mol. The van der Waals surface area contributed by atoms with Gasteiger partial charge in [0.25, 0.3) is 0 Å². The molecule has 3 nitrogen and oxygen atoms in total. The highest BCUT2D eigenvalue weighted by Gasteiger charge is 2.24. The number of hydrogen-bond acceptors (Lipinski definition) is 3. The second kappa shape index (κ2) is 7.12. The molecule has 0 bridgehead atoms. The second-order valence-corrected chi connectivity index (χ2v) is 7.05. The molecule has 0 saturated heterocycles. The van der Waals surface area contributed by atoms with Crippen molar-refractivity contribution in [1.29, 1.82) is 0 Å². The molecule has 2 aliphatic rings. The second-order valence-electron chi connectivity index (χ2n) is 6.14. The van der Waals surface area contributed by atoms with Gasteiger partial charge in [0.1, 0.15) is 5.75 Å². The molecule has 21 heavy (non-hydrogen) atoms. The van der Waals surface area contributed by atoms with E-state index in [1.807, 2.05) is 0 Å². The minimum atomic E-state index is 0.230. The van der Waals surface area contributed by atoms with Crippen molar-refractivity contribution in [3.8, 4) is 5.75 Å². The van der Waals surface area contributed by atoms with Gasteiger partial charge in [0.15, 0.2) is 0 Å². The topological polar surface area (TPSA) is 32.7 Å². The van der Waals surface area contributed by atoms with Gasteiger partial charge in [0, 0.05) is 35.6 Å². The molecule has 1 saturated carbocycles. The molecule has 1 N–H and O–H groups in total. The van der Waals surface area contributed by atoms with Crippen LogP contribution in [-0.4, -0.2) is 35.8 Å². The lowest BCUT2D eigenvalue weighted by molar-refractivity contribution is 0.116. The van der Waals surface area contributed by atoms with Gasteiger partial charge in [-0.15, -0.1) is 0 Å². The lowest BCUT2D eigenvalue weighted by Gasteiger charge is -2.34. The normalized spacial score (nSPS) is 18.8. The molecular formula is C17H24BrNO2. The third-order valence-electron chi connectivity index (χ3n) is 4.68. The summed E-state index contributed by atoms with van der Waals surface area (Å²) in [6.07, 6.45) is 7.53. The largest absolute Gasteiger partial charge is 0.493 e. The zero-order valence-electron chi connectivity index (χ0n) is 12.5. The Bertz CT molecular complexity index is 486. The highest BCUT2D eigenvalue weighted by molar-refractivity contribution is 9.10.